The van der Waals surface area contributed by atoms with Crippen molar-refractivity contribution in [2.24, 2.45) is 4.99 Å². The summed E-state index contributed by atoms with van der Waals surface area (Å²) in [5.74, 6) is 2.51. The third kappa shape index (κ3) is 5.17. The molecule has 142 valence electrons. The molecule has 1 atom stereocenters. The van der Waals surface area contributed by atoms with E-state index in [9.17, 15) is 8.42 Å². The van der Waals surface area contributed by atoms with Crippen LogP contribution in [0.25, 0.3) is 0 Å². The molecule has 0 fully saturated rings. The lowest BCUT2D eigenvalue weighted by Crippen LogP contribution is -2.47. The van der Waals surface area contributed by atoms with E-state index in [1.54, 1.807) is 20.8 Å². The lowest BCUT2D eigenvalue weighted by Gasteiger charge is -2.25. The molecule has 1 aliphatic heterocycles. The third-order valence-electron chi connectivity index (χ3n) is 4.21. The van der Waals surface area contributed by atoms with E-state index in [0.29, 0.717) is 5.96 Å². The smallest absolute Gasteiger partial charge is 0.191 e. The van der Waals surface area contributed by atoms with E-state index in [1.165, 1.54) is 0 Å². The lowest BCUT2D eigenvalue weighted by molar-refractivity contribution is 0.392. The van der Waals surface area contributed by atoms with Crippen LogP contribution in [0.3, 0.4) is 0 Å². The summed E-state index contributed by atoms with van der Waals surface area (Å²) in [6.07, 6.45) is 1.82. The van der Waals surface area contributed by atoms with Crippen molar-refractivity contribution in [1.82, 2.24) is 25.4 Å². The van der Waals surface area contributed by atoms with Gasteiger partial charge in [-0.05, 0) is 41.0 Å². The van der Waals surface area contributed by atoms with Gasteiger partial charge in [-0.15, -0.1) is 0 Å². The molecular formula is C16H30N6O2S. The van der Waals surface area contributed by atoms with Crippen molar-refractivity contribution in [3.05, 3.63) is 11.6 Å². The average molecular weight is 371 g/mol. The predicted octanol–water partition coefficient (Wildman–Crippen LogP) is 0.670. The zero-order valence-electron chi connectivity index (χ0n) is 15.8. The highest BCUT2D eigenvalue weighted by Crippen LogP contribution is 2.16. The zero-order chi connectivity index (χ0) is 18.7. The fourth-order valence-electron chi connectivity index (χ4n) is 2.65. The molecule has 0 spiro atoms. The van der Waals surface area contributed by atoms with E-state index in [-0.39, 0.29) is 18.3 Å². The maximum absolute atomic E-state index is 12.2. The highest BCUT2D eigenvalue weighted by molar-refractivity contribution is 7.92. The summed E-state index contributed by atoms with van der Waals surface area (Å²) in [5.41, 5.74) is 0. The molecule has 0 bridgehead atoms. The topological polar surface area (TPSA) is 101 Å². The normalized spacial score (nSPS) is 18.8. The van der Waals surface area contributed by atoms with Crippen molar-refractivity contribution in [3.63, 3.8) is 0 Å². The van der Waals surface area contributed by atoms with Crippen molar-refractivity contribution in [2.75, 3.05) is 18.8 Å². The van der Waals surface area contributed by atoms with E-state index >= 15 is 0 Å². The molecular weight excluding hydrogens is 340 g/mol. The SMILES string of the molecule is CCNC(=NCCS(=O)(=O)C(C)(C)C)NC1CCc2nc(C)nn2C1. The maximum Gasteiger partial charge on any atom is 0.191 e. The third-order valence-corrected chi connectivity index (χ3v) is 6.80. The molecule has 0 saturated carbocycles. The van der Waals surface area contributed by atoms with Crippen molar-refractivity contribution in [2.45, 2.75) is 64.8 Å². The van der Waals surface area contributed by atoms with Gasteiger partial charge in [0.1, 0.15) is 11.6 Å². The zero-order valence-corrected chi connectivity index (χ0v) is 16.7. The molecule has 1 aromatic rings. The van der Waals surface area contributed by atoms with Gasteiger partial charge in [-0.3, -0.25) is 4.99 Å². The van der Waals surface area contributed by atoms with Gasteiger partial charge in [0.05, 0.1) is 23.6 Å². The van der Waals surface area contributed by atoms with Crippen LogP contribution in [-0.2, 0) is 22.8 Å². The number of fused-ring (bicyclic) bond motifs is 1. The lowest BCUT2D eigenvalue weighted by atomic mass is 10.1. The van der Waals surface area contributed by atoms with Gasteiger partial charge in [0.15, 0.2) is 15.8 Å². The minimum Gasteiger partial charge on any atom is -0.357 e. The molecule has 1 unspecified atom stereocenters. The summed E-state index contributed by atoms with van der Waals surface area (Å²) in [5, 5.41) is 11.0. The van der Waals surface area contributed by atoms with Crippen LogP contribution < -0.4 is 10.6 Å². The highest BCUT2D eigenvalue weighted by Gasteiger charge is 2.28. The van der Waals surface area contributed by atoms with Crippen molar-refractivity contribution in [1.29, 1.82) is 0 Å². The predicted molar refractivity (Wildman–Crippen MR) is 99.5 cm³/mol. The molecule has 0 saturated heterocycles. The first-order valence-corrected chi connectivity index (χ1v) is 10.4. The van der Waals surface area contributed by atoms with Gasteiger partial charge in [0, 0.05) is 19.0 Å². The van der Waals surface area contributed by atoms with Gasteiger partial charge in [0.25, 0.3) is 0 Å². The number of aliphatic imine (C=N–C) groups is 1. The van der Waals surface area contributed by atoms with Crippen LogP contribution in [0.15, 0.2) is 4.99 Å². The minimum absolute atomic E-state index is 0.0458. The van der Waals surface area contributed by atoms with E-state index in [1.807, 2.05) is 18.5 Å². The summed E-state index contributed by atoms with van der Waals surface area (Å²) in [4.78, 5) is 8.85. The van der Waals surface area contributed by atoms with Gasteiger partial charge in [-0.25, -0.2) is 18.1 Å². The Bertz CT molecular complexity index is 717. The molecule has 0 radical (unpaired) electrons. The monoisotopic (exact) mass is 370 g/mol. The van der Waals surface area contributed by atoms with Crippen molar-refractivity contribution in [3.8, 4) is 0 Å². The van der Waals surface area contributed by atoms with Crippen molar-refractivity contribution < 1.29 is 8.42 Å². The van der Waals surface area contributed by atoms with E-state index in [4.69, 9.17) is 0 Å². The van der Waals surface area contributed by atoms with Crippen molar-refractivity contribution >= 4 is 15.8 Å². The first-order chi connectivity index (χ1) is 11.6. The van der Waals surface area contributed by atoms with Gasteiger partial charge < -0.3 is 10.6 Å². The number of guanidine groups is 1. The fraction of sp³-hybridized carbons (Fsp3) is 0.812. The van der Waals surface area contributed by atoms with Crippen LogP contribution in [0.4, 0.5) is 0 Å². The van der Waals surface area contributed by atoms with Crippen LogP contribution >= 0.6 is 0 Å². The largest absolute Gasteiger partial charge is 0.357 e. The fourth-order valence-corrected chi connectivity index (χ4v) is 3.59. The quantitative estimate of drug-likeness (QED) is 0.583. The first-order valence-electron chi connectivity index (χ1n) is 8.80. The number of hydrogen-bond acceptors (Lipinski definition) is 5. The number of hydrogen-bond donors (Lipinski definition) is 2. The van der Waals surface area contributed by atoms with Gasteiger partial charge >= 0.3 is 0 Å². The Hall–Kier alpha value is -1.64. The second-order valence-electron chi connectivity index (χ2n) is 7.33. The molecule has 25 heavy (non-hydrogen) atoms. The Labute approximate surface area is 150 Å². The summed E-state index contributed by atoms with van der Waals surface area (Å²) in [7, 11) is -3.16. The number of aryl methyl sites for hydroxylation is 2. The van der Waals surface area contributed by atoms with E-state index in [0.717, 1.165) is 37.6 Å². The summed E-state index contributed by atoms with van der Waals surface area (Å²) in [6.45, 7) is 10.7. The number of nitrogens with zero attached hydrogens (tertiary/aromatic N) is 4. The molecule has 2 N–H and O–H groups in total. The molecule has 0 aliphatic carbocycles. The second-order valence-corrected chi connectivity index (χ2v) is 10.2. The number of nitrogens with one attached hydrogen (secondary N) is 2. The van der Waals surface area contributed by atoms with Crippen LogP contribution in [0.5, 0.6) is 0 Å². The molecule has 9 heteroatoms. The van der Waals surface area contributed by atoms with E-state index < -0.39 is 14.6 Å². The van der Waals surface area contributed by atoms with Crippen LogP contribution in [-0.4, -0.2) is 58.8 Å². The van der Waals surface area contributed by atoms with E-state index in [2.05, 4.69) is 25.7 Å². The highest BCUT2D eigenvalue weighted by atomic mass is 32.2. The van der Waals surface area contributed by atoms with Crippen LogP contribution in [0.1, 0.15) is 45.8 Å². The Kier molecular flexibility index (Phi) is 6.08. The van der Waals surface area contributed by atoms with Gasteiger partial charge in [-0.1, -0.05) is 0 Å². The average Bonchev–Trinajstić information content (AvgIpc) is 2.85. The van der Waals surface area contributed by atoms with Crippen LogP contribution in [0.2, 0.25) is 0 Å². The number of aromatic nitrogens is 3. The molecule has 1 aliphatic rings. The Morgan fingerprint density at radius 2 is 2.12 bits per heavy atom. The molecule has 8 nitrogen and oxygen atoms in total. The first kappa shape index (κ1) is 19.7. The standard InChI is InChI=1S/C16H30N6O2S/c1-6-17-15(18-9-10-25(23,24)16(3,4)5)20-13-7-8-14-19-12(2)21-22(14)11-13/h13H,6-11H2,1-5H3,(H2,17,18,20). The Balaban J connectivity index is 1.97. The molecule has 1 aromatic heterocycles. The Morgan fingerprint density at radius 1 is 1.40 bits per heavy atom. The molecule has 2 rings (SSSR count). The summed E-state index contributed by atoms with van der Waals surface area (Å²) >= 11 is 0. The summed E-state index contributed by atoms with van der Waals surface area (Å²) < 4.78 is 25.6. The minimum atomic E-state index is -3.16. The van der Waals surface area contributed by atoms with Gasteiger partial charge in [-0.2, -0.15) is 5.10 Å². The molecule has 0 amide bonds. The Morgan fingerprint density at radius 3 is 2.76 bits per heavy atom. The molecule has 2 heterocycles. The second kappa shape index (κ2) is 7.72. The number of rotatable bonds is 5. The molecule has 0 aromatic carbocycles. The van der Waals surface area contributed by atoms with Gasteiger partial charge in [0.2, 0.25) is 0 Å². The number of sulfone groups is 1. The van der Waals surface area contributed by atoms with Crippen LogP contribution in [0, 0.1) is 6.92 Å². The maximum atomic E-state index is 12.2. The summed E-state index contributed by atoms with van der Waals surface area (Å²) in [6, 6.07) is 0.200.